The molecular formula is C18H24N2. The molecule has 0 aliphatic carbocycles. The molecule has 0 atom stereocenters. The summed E-state index contributed by atoms with van der Waals surface area (Å²) in [6.45, 7) is 4.16. The zero-order valence-electron chi connectivity index (χ0n) is 12.5. The van der Waals surface area contributed by atoms with E-state index in [1.165, 1.54) is 23.1 Å². The average molecular weight is 268 g/mol. The van der Waals surface area contributed by atoms with Crippen LogP contribution in [0.3, 0.4) is 0 Å². The fourth-order valence-corrected chi connectivity index (χ4v) is 2.44. The van der Waals surface area contributed by atoms with Crippen LogP contribution in [-0.4, -0.2) is 18.5 Å². The van der Waals surface area contributed by atoms with Gasteiger partial charge in [-0.1, -0.05) is 42.5 Å². The van der Waals surface area contributed by atoms with Crippen molar-refractivity contribution < 1.29 is 0 Å². The molecule has 106 valence electrons. The highest BCUT2D eigenvalue weighted by Gasteiger charge is 2.05. The molecule has 2 aromatic carbocycles. The molecule has 0 amide bonds. The lowest BCUT2D eigenvalue weighted by molar-refractivity contribution is 0.321. The molecule has 0 unspecified atom stereocenters. The Morgan fingerprint density at radius 2 is 1.75 bits per heavy atom. The molecule has 0 saturated carbocycles. The first kappa shape index (κ1) is 14.6. The summed E-state index contributed by atoms with van der Waals surface area (Å²) >= 11 is 0. The van der Waals surface area contributed by atoms with Crippen molar-refractivity contribution in [3.05, 3.63) is 65.2 Å². The van der Waals surface area contributed by atoms with Crippen LogP contribution in [0, 0.1) is 6.92 Å². The van der Waals surface area contributed by atoms with Crippen LogP contribution in [0.25, 0.3) is 0 Å². The first-order valence-corrected chi connectivity index (χ1v) is 7.23. The predicted octanol–water partition coefficient (Wildman–Crippen LogP) is 3.64. The summed E-state index contributed by atoms with van der Waals surface area (Å²) in [5.41, 5.74) is 10.8. The van der Waals surface area contributed by atoms with Crippen molar-refractivity contribution in [3.8, 4) is 0 Å². The second-order valence-electron chi connectivity index (χ2n) is 5.46. The second-order valence-corrected chi connectivity index (χ2v) is 5.46. The number of aryl methyl sites for hydroxylation is 1. The molecule has 0 heterocycles. The van der Waals surface area contributed by atoms with E-state index in [1.807, 2.05) is 12.1 Å². The van der Waals surface area contributed by atoms with Crippen molar-refractivity contribution >= 4 is 5.69 Å². The third-order valence-electron chi connectivity index (χ3n) is 3.78. The topological polar surface area (TPSA) is 29.3 Å². The second kappa shape index (κ2) is 7.11. The molecule has 0 aliphatic rings. The quantitative estimate of drug-likeness (QED) is 0.810. The van der Waals surface area contributed by atoms with E-state index in [4.69, 9.17) is 5.73 Å². The Kier molecular flexibility index (Phi) is 5.19. The molecule has 0 aromatic heterocycles. The SMILES string of the molecule is Cc1c(N)cccc1CN(C)CCCc1ccccc1. The Morgan fingerprint density at radius 1 is 1.00 bits per heavy atom. The van der Waals surface area contributed by atoms with E-state index in [-0.39, 0.29) is 0 Å². The number of benzene rings is 2. The zero-order chi connectivity index (χ0) is 14.4. The predicted molar refractivity (Wildman–Crippen MR) is 86.7 cm³/mol. The van der Waals surface area contributed by atoms with E-state index in [1.54, 1.807) is 0 Å². The van der Waals surface area contributed by atoms with Gasteiger partial charge in [0, 0.05) is 12.2 Å². The number of anilines is 1. The number of nitrogens with two attached hydrogens (primary N) is 1. The van der Waals surface area contributed by atoms with Gasteiger partial charge >= 0.3 is 0 Å². The lowest BCUT2D eigenvalue weighted by atomic mass is 10.1. The minimum atomic E-state index is 0.889. The molecule has 0 spiro atoms. The molecule has 2 N–H and O–H groups in total. The Labute approximate surface area is 122 Å². The maximum Gasteiger partial charge on any atom is 0.0346 e. The maximum absolute atomic E-state index is 5.95. The van der Waals surface area contributed by atoms with E-state index in [2.05, 4.69) is 55.3 Å². The maximum atomic E-state index is 5.95. The molecule has 20 heavy (non-hydrogen) atoms. The third-order valence-corrected chi connectivity index (χ3v) is 3.78. The van der Waals surface area contributed by atoms with E-state index >= 15 is 0 Å². The van der Waals surface area contributed by atoms with Gasteiger partial charge in [0.1, 0.15) is 0 Å². The summed E-state index contributed by atoms with van der Waals surface area (Å²) < 4.78 is 0. The van der Waals surface area contributed by atoms with Crippen LogP contribution >= 0.6 is 0 Å². The summed E-state index contributed by atoms with van der Waals surface area (Å²) in [7, 11) is 2.17. The standard InChI is InChI=1S/C18H24N2/c1-15-17(11-6-12-18(15)19)14-20(2)13-7-10-16-8-4-3-5-9-16/h3-6,8-9,11-12H,7,10,13-14,19H2,1-2H3. The van der Waals surface area contributed by atoms with E-state index in [0.29, 0.717) is 0 Å². The first-order chi connectivity index (χ1) is 9.66. The smallest absolute Gasteiger partial charge is 0.0346 e. The van der Waals surface area contributed by atoms with Crippen LogP contribution in [0.2, 0.25) is 0 Å². The van der Waals surface area contributed by atoms with Crippen LogP contribution in [0.4, 0.5) is 5.69 Å². The van der Waals surface area contributed by atoms with E-state index in [0.717, 1.165) is 25.2 Å². The van der Waals surface area contributed by atoms with Crippen LogP contribution in [0.5, 0.6) is 0 Å². The highest BCUT2D eigenvalue weighted by atomic mass is 15.1. The molecule has 2 heteroatoms. The summed E-state index contributed by atoms with van der Waals surface area (Å²) in [6.07, 6.45) is 2.32. The van der Waals surface area contributed by atoms with Crippen molar-refractivity contribution in [1.82, 2.24) is 4.90 Å². The van der Waals surface area contributed by atoms with Crippen LogP contribution < -0.4 is 5.73 Å². The van der Waals surface area contributed by atoms with Crippen LogP contribution in [0.1, 0.15) is 23.1 Å². The van der Waals surface area contributed by atoms with Gasteiger partial charge in [0.2, 0.25) is 0 Å². The molecule has 2 rings (SSSR count). The third kappa shape index (κ3) is 4.10. The molecule has 0 saturated heterocycles. The van der Waals surface area contributed by atoms with Crippen molar-refractivity contribution in [3.63, 3.8) is 0 Å². The highest BCUT2D eigenvalue weighted by Crippen LogP contribution is 2.17. The first-order valence-electron chi connectivity index (χ1n) is 7.23. The Hall–Kier alpha value is -1.80. The molecule has 0 aliphatic heterocycles. The highest BCUT2D eigenvalue weighted by molar-refractivity contribution is 5.49. The number of hydrogen-bond donors (Lipinski definition) is 1. The lowest BCUT2D eigenvalue weighted by Crippen LogP contribution is -2.20. The van der Waals surface area contributed by atoms with Crippen molar-refractivity contribution in [1.29, 1.82) is 0 Å². The Bertz CT molecular complexity index is 534. The summed E-state index contributed by atoms with van der Waals surface area (Å²) in [4.78, 5) is 2.37. The Balaban J connectivity index is 1.81. The van der Waals surface area contributed by atoms with Gasteiger partial charge in [-0.15, -0.1) is 0 Å². The summed E-state index contributed by atoms with van der Waals surface area (Å²) in [6, 6.07) is 16.8. The summed E-state index contributed by atoms with van der Waals surface area (Å²) in [5.74, 6) is 0. The number of rotatable bonds is 6. The van der Waals surface area contributed by atoms with Gasteiger partial charge < -0.3 is 10.6 Å². The average Bonchev–Trinajstić information content (AvgIpc) is 2.45. The Morgan fingerprint density at radius 3 is 2.50 bits per heavy atom. The van der Waals surface area contributed by atoms with Gasteiger partial charge in [0.25, 0.3) is 0 Å². The normalized spacial score (nSPS) is 10.9. The number of nitrogens with zero attached hydrogens (tertiary/aromatic N) is 1. The molecule has 0 bridgehead atoms. The van der Waals surface area contributed by atoms with Crippen molar-refractivity contribution in [2.75, 3.05) is 19.3 Å². The monoisotopic (exact) mass is 268 g/mol. The van der Waals surface area contributed by atoms with Gasteiger partial charge in [0.05, 0.1) is 0 Å². The molecular weight excluding hydrogens is 244 g/mol. The summed E-state index contributed by atoms with van der Waals surface area (Å²) in [5, 5.41) is 0. The fourth-order valence-electron chi connectivity index (χ4n) is 2.44. The zero-order valence-corrected chi connectivity index (χ0v) is 12.5. The molecule has 2 aromatic rings. The molecule has 0 radical (unpaired) electrons. The minimum absolute atomic E-state index is 0.889. The molecule has 0 fully saturated rings. The van der Waals surface area contributed by atoms with Gasteiger partial charge in [-0.3, -0.25) is 0 Å². The van der Waals surface area contributed by atoms with Crippen LogP contribution in [-0.2, 0) is 13.0 Å². The van der Waals surface area contributed by atoms with Gasteiger partial charge in [-0.2, -0.15) is 0 Å². The number of hydrogen-bond acceptors (Lipinski definition) is 2. The van der Waals surface area contributed by atoms with Gasteiger partial charge in [-0.05, 0) is 56.1 Å². The van der Waals surface area contributed by atoms with Crippen molar-refractivity contribution in [2.24, 2.45) is 0 Å². The minimum Gasteiger partial charge on any atom is -0.399 e. The van der Waals surface area contributed by atoms with E-state index in [9.17, 15) is 0 Å². The largest absolute Gasteiger partial charge is 0.399 e. The van der Waals surface area contributed by atoms with E-state index < -0.39 is 0 Å². The van der Waals surface area contributed by atoms with Crippen molar-refractivity contribution in [2.45, 2.75) is 26.3 Å². The van der Waals surface area contributed by atoms with Gasteiger partial charge in [0.15, 0.2) is 0 Å². The molecule has 2 nitrogen and oxygen atoms in total. The fraction of sp³-hybridized carbons (Fsp3) is 0.333. The van der Waals surface area contributed by atoms with Crippen LogP contribution in [0.15, 0.2) is 48.5 Å². The van der Waals surface area contributed by atoms with Gasteiger partial charge in [-0.25, -0.2) is 0 Å². The lowest BCUT2D eigenvalue weighted by Gasteiger charge is -2.18. The number of nitrogen functional groups attached to an aromatic ring is 1.